The first kappa shape index (κ1) is 17.7. The molecule has 8 nitrogen and oxygen atoms in total. The average molecular weight is 330 g/mol. The van der Waals surface area contributed by atoms with E-state index < -0.39 is 22.5 Å². The summed E-state index contributed by atoms with van der Waals surface area (Å²) in [6, 6.07) is 3.29. The number of carboxylic acids is 1. The highest BCUT2D eigenvalue weighted by atomic mass is 35.5. The SMILES string of the molecule is CC(C)(CCC(=O)O)NC(=O)Nc1ccc(Cl)c([N+](=O)[O-])c1. The Labute approximate surface area is 131 Å². The number of halogens is 1. The average Bonchev–Trinajstić information content (AvgIpc) is 2.38. The molecule has 0 bridgehead atoms. The molecule has 9 heteroatoms. The van der Waals surface area contributed by atoms with E-state index in [0.717, 1.165) is 6.07 Å². The molecule has 120 valence electrons. The van der Waals surface area contributed by atoms with Crippen LogP contribution in [0.5, 0.6) is 0 Å². The number of anilines is 1. The molecule has 1 aromatic carbocycles. The van der Waals surface area contributed by atoms with E-state index >= 15 is 0 Å². The quantitative estimate of drug-likeness (QED) is 0.547. The normalized spacial score (nSPS) is 10.9. The third-order valence-electron chi connectivity index (χ3n) is 2.82. The summed E-state index contributed by atoms with van der Waals surface area (Å²) < 4.78 is 0. The molecule has 0 aromatic heterocycles. The zero-order chi connectivity index (χ0) is 16.9. The molecule has 0 radical (unpaired) electrons. The lowest BCUT2D eigenvalue weighted by Crippen LogP contribution is -2.45. The van der Waals surface area contributed by atoms with E-state index in [9.17, 15) is 19.7 Å². The van der Waals surface area contributed by atoms with Crippen molar-refractivity contribution < 1.29 is 19.6 Å². The van der Waals surface area contributed by atoms with Gasteiger partial charge in [0.2, 0.25) is 0 Å². The predicted octanol–water partition coefficient (Wildman–Crippen LogP) is 3.01. The van der Waals surface area contributed by atoms with Gasteiger partial charge in [-0.1, -0.05) is 11.6 Å². The van der Waals surface area contributed by atoms with E-state index in [1.54, 1.807) is 13.8 Å². The fourth-order valence-electron chi connectivity index (χ4n) is 1.68. The zero-order valence-corrected chi connectivity index (χ0v) is 12.8. The van der Waals surface area contributed by atoms with E-state index in [4.69, 9.17) is 16.7 Å². The molecular weight excluding hydrogens is 314 g/mol. The molecule has 3 N–H and O–H groups in total. The molecule has 0 saturated carbocycles. The number of rotatable bonds is 6. The number of carbonyl (C=O) groups excluding carboxylic acids is 1. The monoisotopic (exact) mass is 329 g/mol. The van der Waals surface area contributed by atoms with Gasteiger partial charge in [0.15, 0.2) is 0 Å². The number of hydrogen-bond acceptors (Lipinski definition) is 4. The number of urea groups is 1. The highest BCUT2D eigenvalue weighted by molar-refractivity contribution is 6.32. The number of hydrogen-bond donors (Lipinski definition) is 3. The summed E-state index contributed by atoms with van der Waals surface area (Å²) in [6.45, 7) is 3.36. The van der Waals surface area contributed by atoms with Crippen molar-refractivity contribution in [2.75, 3.05) is 5.32 Å². The van der Waals surface area contributed by atoms with Gasteiger partial charge in [0.1, 0.15) is 5.02 Å². The molecule has 0 unspecified atom stereocenters. The van der Waals surface area contributed by atoms with Crippen molar-refractivity contribution in [3.8, 4) is 0 Å². The lowest BCUT2D eigenvalue weighted by atomic mass is 9.99. The maximum Gasteiger partial charge on any atom is 0.319 e. The Morgan fingerprint density at radius 1 is 1.41 bits per heavy atom. The highest BCUT2D eigenvalue weighted by Crippen LogP contribution is 2.27. The van der Waals surface area contributed by atoms with Crippen LogP contribution in [0, 0.1) is 10.1 Å². The van der Waals surface area contributed by atoms with Gasteiger partial charge in [-0.2, -0.15) is 0 Å². The number of nitrogens with zero attached hydrogens (tertiary/aromatic N) is 1. The van der Waals surface area contributed by atoms with E-state index in [2.05, 4.69) is 10.6 Å². The fourth-order valence-corrected chi connectivity index (χ4v) is 1.87. The second-order valence-electron chi connectivity index (χ2n) is 5.28. The maximum absolute atomic E-state index is 11.9. The van der Waals surface area contributed by atoms with Gasteiger partial charge in [-0.05, 0) is 32.4 Å². The Bertz CT molecular complexity index is 603. The second kappa shape index (κ2) is 7.08. The number of carboxylic acid groups (broad SMARTS) is 1. The van der Waals surface area contributed by atoms with Crippen LogP contribution in [0.25, 0.3) is 0 Å². The van der Waals surface area contributed by atoms with Crippen molar-refractivity contribution >= 4 is 35.0 Å². The topological polar surface area (TPSA) is 122 Å². The third kappa shape index (κ3) is 5.57. The third-order valence-corrected chi connectivity index (χ3v) is 3.14. The number of nitrogens with one attached hydrogen (secondary N) is 2. The molecule has 0 fully saturated rings. The van der Waals surface area contributed by atoms with Crippen molar-refractivity contribution in [3.05, 3.63) is 33.3 Å². The van der Waals surface area contributed by atoms with Crippen LogP contribution in [0.4, 0.5) is 16.2 Å². The number of nitro benzene ring substituents is 1. The first-order valence-electron chi connectivity index (χ1n) is 6.35. The molecule has 0 aliphatic heterocycles. The molecule has 22 heavy (non-hydrogen) atoms. The van der Waals surface area contributed by atoms with E-state index in [1.165, 1.54) is 12.1 Å². The van der Waals surface area contributed by atoms with Gasteiger partial charge >= 0.3 is 12.0 Å². The minimum atomic E-state index is -0.955. The number of carbonyl (C=O) groups is 2. The standard InChI is InChI=1S/C13H16ClN3O5/c1-13(2,6-5-11(18)19)16-12(20)15-8-3-4-9(14)10(7-8)17(21)22/h3-4,7H,5-6H2,1-2H3,(H,18,19)(H2,15,16,20). The van der Waals surface area contributed by atoms with Crippen LogP contribution in [0.15, 0.2) is 18.2 Å². The smallest absolute Gasteiger partial charge is 0.319 e. The molecule has 2 amide bonds. The summed E-state index contributed by atoms with van der Waals surface area (Å²) >= 11 is 5.68. The van der Waals surface area contributed by atoms with Crippen molar-refractivity contribution in [2.45, 2.75) is 32.2 Å². The Hall–Kier alpha value is -2.35. The van der Waals surface area contributed by atoms with E-state index in [-0.39, 0.29) is 29.2 Å². The predicted molar refractivity (Wildman–Crippen MR) is 81.2 cm³/mol. The van der Waals surface area contributed by atoms with Crippen LogP contribution in [-0.2, 0) is 4.79 Å². The van der Waals surface area contributed by atoms with Crippen LogP contribution in [0.1, 0.15) is 26.7 Å². The summed E-state index contributed by atoms with van der Waals surface area (Å²) in [4.78, 5) is 32.5. The van der Waals surface area contributed by atoms with E-state index in [1.807, 2.05) is 0 Å². The molecule has 0 aliphatic carbocycles. The summed E-state index contributed by atoms with van der Waals surface area (Å²) in [7, 11) is 0. The summed E-state index contributed by atoms with van der Waals surface area (Å²) in [5.74, 6) is -0.955. The lowest BCUT2D eigenvalue weighted by molar-refractivity contribution is -0.384. The molecule has 0 heterocycles. The minimum Gasteiger partial charge on any atom is -0.481 e. The number of benzene rings is 1. The first-order chi connectivity index (χ1) is 10.1. The fraction of sp³-hybridized carbons (Fsp3) is 0.385. The first-order valence-corrected chi connectivity index (χ1v) is 6.73. The van der Waals surface area contributed by atoms with Crippen LogP contribution in [0.2, 0.25) is 5.02 Å². The Balaban J connectivity index is 2.71. The van der Waals surface area contributed by atoms with Crippen LogP contribution in [-0.4, -0.2) is 27.6 Å². The maximum atomic E-state index is 11.9. The molecule has 1 rings (SSSR count). The molecule has 0 aliphatic rings. The number of amides is 2. The summed E-state index contributed by atoms with van der Waals surface area (Å²) in [6.07, 6.45) is 0.163. The molecule has 0 spiro atoms. The Morgan fingerprint density at radius 3 is 2.59 bits per heavy atom. The van der Waals surface area contributed by atoms with Gasteiger partial charge in [0.25, 0.3) is 5.69 Å². The molecule has 0 atom stereocenters. The Morgan fingerprint density at radius 2 is 2.05 bits per heavy atom. The Kier molecular flexibility index (Phi) is 5.69. The minimum absolute atomic E-state index is 0.0299. The van der Waals surface area contributed by atoms with Gasteiger partial charge in [0, 0.05) is 23.7 Å². The van der Waals surface area contributed by atoms with Gasteiger partial charge < -0.3 is 15.7 Å². The van der Waals surface area contributed by atoms with Gasteiger partial charge in [-0.3, -0.25) is 14.9 Å². The summed E-state index contributed by atoms with van der Waals surface area (Å²) in [5, 5.41) is 24.4. The van der Waals surface area contributed by atoms with Gasteiger partial charge in [-0.15, -0.1) is 0 Å². The van der Waals surface area contributed by atoms with Gasteiger partial charge in [0.05, 0.1) is 4.92 Å². The lowest BCUT2D eigenvalue weighted by Gasteiger charge is -2.25. The molecular formula is C13H16ClN3O5. The number of aliphatic carboxylic acids is 1. The second-order valence-corrected chi connectivity index (χ2v) is 5.69. The van der Waals surface area contributed by atoms with Crippen LogP contribution >= 0.6 is 11.6 Å². The van der Waals surface area contributed by atoms with Crippen molar-refractivity contribution in [3.63, 3.8) is 0 Å². The molecule has 1 aromatic rings. The van der Waals surface area contributed by atoms with Gasteiger partial charge in [-0.25, -0.2) is 4.79 Å². The highest BCUT2D eigenvalue weighted by Gasteiger charge is 2.22. The zero-order valence-electron chi connectivity index (χ0n) is 12.1. The number of nitro groups is 1. The van der Waals surface area contributed by atoms with E-state index in [0.29, 0.717) is 0 Å². The summed E-state index contributed by atoms with van der Waals surface area (Å²) in [5.41, 5.74) is -0.840. The van der Waals surface area contributed by atoms with Crippen LogP contribution in [0.3, 0.4) is 0 Å². The van der Waals surface area contributed by atoms with Crippen molar-refractivity contribution in [2.24, 2.45) is 0 Å². The van der Waals surface area contributed by atoms with Crippen molar-refractivity contribution in [1.82, 2.24) is 5.32 Å². The van der Waals surface area contributed by atoms with Crippen LogP contribution < -0.4 is 10.6 Å². The van der Waals surface area contributed by atoms with Crippen molar-refractivity contribution in [1.29, 1.82) is 0 Å². The largest absolute Gasteiger partial charge is 0.481 e. The molecule has 0 saturated heterocycles.